The summed E-state index contributed by atoms with van der Waals surface area (Å²) in [5, 5.41) is 3.04. The van der Waals surface area contributed by atoms with Crippen LogP contribution in [0.25, 0.3) is 10.9 Å². The first-order valence-electron chi connectivity index (χ1n) is 9.35. The number of amides is 1. The minimum atomic E-state index is -0.712. The van der Waals surface area contributed by atoms with Crippen LogP contribution in [0.15, 0.2) is 59.7 Å². The average molecular weight is 409 g/mol. The number of esters is 1. The molecule has 1 amide bonds. The van der Waals surface area contributed by atoms with Crippen LogP contribution in [0.3, 0.4) is 0 Å². The van der Waals surface area contributed by atoms with Crippen LogP contribution in [0.2, 0.25) is 0 Å². The van der Waals surface area contributed by atoms with Gasteiger partial charge in [0.1, 0.15) is 19.3 Å². The van der Waals surface area contributed by atoms with E-state index in [-0.39, 0.29) is 24.8 Å². The molecule has 1 unspecified atom stereocenters. The van der Waals surface area contributed by atoms with Gasteiger partial charge in [0, 0.05) is 0 Å². The second-order valence-corrected chi connectivity index (χ2v) is 6.66. The van der Waals surface area contributed by atoms with Gasteiger partial charge in [-0.15, -0.1) is 0 Å². The third-order valence-electron chi connectivity index (χ3n) is 4.49. The lowest BCUT2D eigenvalue weighted by Gasteiger charge is -2.26. The lowest BCUT2D eigenvalue weighted by molar-refractivity contribution is -0.149. The van der Waals surface area contributed by atoms with Gasteiger partial charge in [0.15, 0.2) is 18.1 Å². The molecule has 3 aromatic rings. The second kappa shape index (κ2) is 8.64. The molecule has 30 heavy (non-hydrogen) atoms. The summed E-state index contributed by atoms with van der Waals surface area (Å²) in [7, 11) is 0. The molecule has 9 nitrogen and oxygen atoms in total. The second-order valence-electron chi connectivity index (χ2n) is 6.66. The molecule has 1 aliphatic rings. The first-order chi connectivity index (χ1) is 14.6. The maximum Gasteiger partial charge on any atom is 0.326 e. The molecule has 1 N–H and O–H groups in total. The molecule has 1 aromatic heterocycles. The highest BCUT2D eigenvalue weighted by Crippen LogP contribution is 2.30. The number of benzene rings is 2. The van der Waals surface area contributed by atoms with Crippen molar-refractivity contribution in [3.63, 3.8) is 0 Å². The summed E-state index contributed by atoms with van der Waals surface area (Å²) >= 11 is 0. The van der Waals surface area contributed by atoms with Gasteiger partial charge < -0.3 is 19.5 Å². The Kier molecular flexibility index (Phi) is 5.60. The molecule has 1 atom stereocenters. The van der Waals surface area contributed by atoms with Crippen LogP contribution < -0.4 is 20.3 Å². The Bertz CT molecular complexity index is 1140. The molecule has 0 bridgehead atoms. The van der Waals surface area contributed by atoms with E-state index in [1.807, 2.05) is 12.1 Å². The van der Waals surface area contributed by atoms with E-state index in [2.05, 4.69) is 10.3 Å². The summed E-state index contributed by atoms with van der Waals surface area (Å²) in [5.74, 6) is 0.0848. The summed E-state index contributed by atoms with van der Waals surface area (Å²) in [6.07, 6.45) is 0.936. The highest BCUT2D eigenvalue weighted by atomic mass is 16.6. The molecule has 0 saturated heterocycles. The van der Waals surface area contributed by atoms with E-state index < -0.39 is 18.5 Å². The average Bonchev–Trinajstić information content (AvgIpc) is 2.78. The summed E-state index contributed by atoms with van der Waals surface area (Å²) in [4.78, 5) is 40.5. The van der Waals surface area contributed by atoms with E-state index in [1.54, 1.807) is 36.4 Å². The first-order valence-corrected chi connectivity index (χ1v) is 9.35. The highest BCUT2D eigenvalue weighted by molar-refractivity contribution is 5.81. The van der Waals surface area contributed by atoms with Crippen molar-refractivity contribution in [1.82, 2.24) is 14.9 Å². The zero-order valence-corrected chi connectivity index (χ0v) is 15.9. The first kappa shape index (κ1) is 19.4. The maximum atomic E-state index is 12.4. The largest absolute Gasteiger partial charge is 0.486 e. The summed E-state index contributed by atoms with van der Waals surface area (Å²) in [5.41, 5.74) is 0.194. The van der Waals surface area contributed by atoms with Crippen LogP contribution in [0.4, 0.5) is 0 Å². The normalized spacial score (nSPS) is 14.9. The van der Waals surface area contributed by atoms with Crippen LogP contribution in [0.5, 0.6) is 11.5 Å². The van der Waals surface area contributed by atoms with Crippen molar-refractivity contribution >= 4 is 22.8 Å². The summed E-state index contributed by atoms with van der Waals surface area (Å²) < 4.78 is 17.4. The molecular formula is C21H19N3O6. The van der Waals surface area contributed by atoms with Gasteiger partial charge in [-0.1, -0.05) is 24.3 Å². The molecule has 0 aliphatic carbocycles. The van der Waals surface area contributed by atoms with E-state index in [0.29, 0.717) is 29.0 Å². The summed E-state index contributed by atoms with van der Waals surface area (Å²) in [6, 6.07) is 14.1. The van der Waals surface area contributed by atoms with E-state index in [1.165, 1.54) is 6.33 Å². The monoisotopic (exact) mass is 409 g/mol. The third-order valence-corrected chi connectivity index (χ3v) is 4.49. The Morgan fingerprint density at radius 1 is 1.13 bits per heavy atom. The molecule has 1 aliphatic heterocycles. The van der Waals surface area contributed by atoms with Gasteiger partial charge >= 0.3 is 5.97 Å². The standard InChI is InChI=1S/C21H19N3O6/c25-19(22-9-14-11-28-17-7-3-4-8-18(17)30-14)12-29-20(26)10-24-13-23-16-6-2-1-5-15(16)21(24)27/h1-8,13-14H,9-12H2,(H,22,25). The Balaban J connectivity index is 1.24. The molecule has 0 radical (unpaired) electrons. The molecule has 0 spiro atoms. The topological polar surface area (TPSA) is 109 Å². The minimum Gasteiger partial charge on any atom is -0.486 e. The van der Waals surface area contributed by atoms with Crippen molar-refractivity contribution in [3.8, 4) is 11.5 Å². The molecule has 4 rings (SSSR count). The van der Waals surface area contributed by atoms with Crippen molar-refractivity contribution in [3.05, 3.63) is 65.2 Å². The van der Waals surface area contributed by atoms with Gasteiger partial charge in [0.25, 0.3) is 11.5 Å². The predicted molar refractivity (Wildman–Crippen MR) is 106 cm³/mol. The quantitative estimate of drug-likeness (QED) is 0.603. The van der Waals surface area contributed by atoms with Crippen molar-refractivity contribution in [1.29, 1.82) is 0 Å². The number of hydrogen-bond donors (Lipinski definition) is 1. The van der Waals surface area contributed by atoms with Crippen molar-refractivity contribution in [2.75, 3.05) is 19.8 Å². The Morgan fingerprint density at radius 3 is 2.77 bits per heavy atom. The Labute approximate surface area is 171 Å². The zero-order valence-electron chi connectivity index (χ0n) is 15.9. The number of carbonyl (C=O) groups excluding carboxylic acids is 2. The van der Waals surface area contributed by atoms with Crippen molar-refractivity contribution in [2.24, 2.45) is 0 Å². The van der Waals surface area contributed by atoms with Gasteiger partial charge in [0.2, 0.25) is 0 Å². The Hall–Kier alpha value is -3.88. The molecule has 0 saturated carbocycles. The number of nitrogens with one attached hydrogen (secondary N) is 1. The number of para-hydroxylation sites is 3. The molecule has 0 fully saturated rings. The number of carbonyl (C=O) groups is 2. The highest BCUT2D eigenvalue weighted by Gasteiger charge is 2.21. The fourth-order valence-corrected chi connectivity index (χ4v) is 2.99. The van der Waals surface area contributed by atoms with Gasteiger partial charge in [-0.3, -0.25) is 19.0 Å². The molecule has 2 heterocycles. The molecular weight excluding hydrogens is 390 g/mol. The minimum absolute atomic E-state index is 0.207. The van der Waals surface area contributed by atoms with Crippen LogP contribution >= 0.6 is 0 Å². The van der Waals surface area contributed by atoms with Crippen molar-refractivity contribution < 1.29 is 23.8 Å². The van der Waals surface area contributed by atoms with E-state index in [0.717, 1.165) is 4.57 Å². The van der Waals surface area contributed by atoms with E-state index >= 15 is 0 Å². The molecule has 154 valence electrons. The SMILES string of the molecule is O=C(COC(=O)Cn1cnc2ccccc2c1=O)NCC1COc2ccccc2O1. The number of nitrogens with zero attached hydrogens (tertiary/aromatic N) is 2. The number of ether oxygens (including phenoxy) is 3. The number of rotatable bonds is 6. The van der Waals surface area contributed by atoms with Gasteiger partial charge in [-0.25, -0.2) is 4.98 Å². The van der Waals surface area contributed by atoms with E-state index in [9.17, 15) is 14.4 Å². The number of hydrogen-bond acceptors (Lipinski definition) is 7. The van der Waals surface area contributed by atoms with Crippen molar-refractivity contribution in [2.45, 2.75) is 12.6 Å². The fraction of sp³-hybridized carbons (Fsp3) is 0.238. The molecule has 2 aromatic carbocycles. The van der Waals surface area contributed by atoms with Crippen LogP contribution in [0.1, 0.15) is 0 Å². The Morgan fingerprint density at radius 2 is 1.90 bits per heavy atom. The lowest BCUT2D eigenvalue weighted by Crippen LogP contribution is -2.42. The lowest BCUT2D eigenvalue weighted by atomic mass is 10.2. The van der Waals surface area contributed by atoms with Crippen LogP contribution in [-0.4, -0.2) is 47.3 Å². The smallest absolute Gasteiger partial charge is 0.326 e. The van der Waals surface area contributed by atoms with E-state index in [4.69, 9.17) is 14.2 Å². The van der Waals surface area contributed by atoms with Crippen LogP contribution in [0, 0.1) is 0 Å². The summed E-state index contributed by atoms with van der Waals surface area (Å²) in [6.45, 7) is -0.285. The van der Waals surface area contributed by atoms with Gasteiger partial charge in [-0.05, 0) is 24.3 Å². The zero-order chi connectivity index (χ0) is 20.9. The van der Waals surface area contributed by atoms with Gasteiger partial charge in [-0.2, -0.15) is 0 Å². The van der Waals surface area contributed by atoms with Crippen LogP contribution in [-0.2, 0) is 20.9 Å². The predicted octanol–water partition coefficient (Wildman–Crippen LogP) is 0.896. The third kappa shape index (κ3) is 4.40. The fourth-order valence-electron chi connectivity index (χ4n) is 2.99. The number of fused-ring (bicyclic) bond motifs is 2. The maximum absolute atomic E-state index is 12.4. The molecule has 9 heteroatoms. The number of aromatic nitrogens is 2. The van der Waals surface area contributed by atoms with Gasteiger partial charge in [0.05, 0.1) is 23.8 Å².